The molecule has 1 heterocycles. The van der Waals surface area contributed by atoms with Gasteiger partial charge < -0.3 is 19.3 Å². The normalized spacial score (nSPS) is 15.3. The average molecular weight is 342 g/mol. The molecule has 1 aliphatic rings. The fourth-order valence-electron chi connectivity index (χ4n) is 2.82. The summed E-state index contributed by atoms with van der Waals surface area (Å²) < 4.78 is 9.96. The first kappa shape index (κ1) is 20.3. The molecule has 0 atom stereocenters. The molecule has 1 aliphatic heterocycles. The first-order valence-electron chi connectivity index (χ1n) is 8.78. The number of ether oxygens (including phenoxy) is 2. The molecule has 1 saturated heterocycles. The molecule has 0 aromatic rings. The van der Waals surface area contributed by atoms with Gasteiger partial charge >= 0.3 is 12.1 Å². The van der Waals surface area contributed by atoms with Gasteiger partial charge in [-0.05, 0) is 26.7 Å². The van der Waals surface area contributed by atoms with Crippen molar-refractivity contribution >= 4 is 18.0 Å². The highest BCUT2D eigenvalue weighted by Crippen LogP contribution is 2.20. The summed E-state index contributed by atoms with van der Waals surface area (Å²) in [4.78, 5) is 39.3. The number of amides is 2. The Hall–Kier alpha value is -1.79. The molecule has 0 N–H and O–H groups in total. The summed E-state index contributed by atoms with van der Waals surface area (Å²) in [6, 6.07) is 0.0417. The smallest absolute Gasteiger partial charge is 0.409 e. The van der Waals surface area contributed by atoms with Crippen LogP contribution in [0.1, 0.15) is 47.0 Å². The van der Waals surface area contributed by atoms with Crippen LogP contribution < -0.4 is 0 Å². The molecule has 7 nitrogen and oxygen atoms in total. The van der Waals surface area contributed by atoms with E-state index in [9.17, 15) is 14.4 Å². The lowest BCUT2D eigenvalue weighted by molar-refractivity contribution is -0.145. The molecule has 1 rings (SSSR count). The molecule has 0 spiro atoms. The van der Waals surface area contributed by atoms with Crippen LogP contribution >= 0.6 is 0 Å². The van der Waals surface area contributed by atoms with Gasteiger partial charge in [0.25, 0.3) is 0 Å². The summed E-state index contributed by atoms with van der Waals surface area (Å²) in [5, 5.41) is 0. The van der Waals surface area contributed by atoms with Crippen LogP contribution in [-0.2, 0) is 19.1 Å². The van der Waals surface area contributed by atoms with Gasteiger partial charge in [0.15, 0.2) is 0 Å². The lowest BCUT2D eigenvalue weighted by atomic mass is 10.0. The quantitative estimate of drug-likeness (QED) is 0.662. The Bertz CT molecular complexity index is 431. The van der Waals surface area contributed by atoms with E-state index in [-0.39, 0.29) is 36.4 Å². The second-order valence-corrected chi connectivity index (χ2v) is 6.16. The molecule has 0 unspecified atom stereocenters. The van der Waals surface area contributed by atoms with Gasteiger partial charge in [-0.1, -0.05) is 13.8 Å². The van der Waals surface area contributed by atoms with Crippen molar-refractivity contribution in [2.24, 2.45) is 5.92 Å². The number of nitrogens with zero attached hydrogens (tertiary/aromatic N) is 2. The number of hydrogen-bond acceptors (Lipinski definition) is 5. The summed E-state index contributed by atoms with van der Waals surface area (Å²) in [7, 11) is 0. The molecule has 7 heteroatoms. The molecule has 0 radical (unpaired) electrons. The van der Waals surface area contributed by atoms with Gasteiger partial charge in [-0.15, -0.1) is 0 Å². The predicted octanol–water partition coefficient (Wildman–Crippen LogP) is 2.05. The fraction of sp³-hybridized carbons (Fsp3) is 0.824. The van der Waals surface area contributed by atoms with E-state index in [1.54, 1.807) is 23.6 Å². The first-order valence-corrected chi connectivity index (χ1v) is 8.78. The summed E-state index contributed by atoms with van der Waals surface area (Å²) >= 11 is 0. The van der Waals surface area contributed by atoms with Crippen LogP contribution in [0.15, 0.2) is 0 Å². The van der Waals surface area contributed by atoms with Gasteiger partial charge in [0.2, 0.25) is 5.91 Å². The zero-order valence-electron chi connectivity index (χ0n) is 15.2. The Morgan fingerprint density at radius 3 is 2.17 bits per heavy atom. The van der Waals surface area contributed by atoms with Crippen LogP contribution in [0.4, 0.5) is 4.79 Å². The molecule has 2 amide bonds. The summed E-state index contributed by atoms with van der Waals surface area (Å²) in [6.45, 7) is 9.44. The Kier molecular flexibility index (Phi) is 8.57. The number of carbonyl (C=O) groups is 3. The van der Waals surface area contributed by atoms with Crippen LogP contribution in [-0.4, -0.2) is 66.7 Å². The Labute approximate surface area is 144 Å². The van der Waals surface area contributed by atoms with E-state index in [1.165, 1.54) is 0 Å². The van der Waals surface area contributed by atoms with Crippen molar-refractivity contribution in [1.82, 2.24) is 9.80 Å². The van der Waals surface area contributed by atoms with Crippen molar-refractivity contribution in [3.05, 3.63) is 0 Å². The molecule has 0 bridgehead atoms. The number of piperidine rings is 1. The third-order valence-electron chi connectivity index (χ3n) is 4.07. The first-order chi connectivity index (χ1) is 11.4. The Morgan fingerprint density at radius 2 is 1.67 bits per heavy atom. The van der Waals surface area contributed by atoms with E-state index in [2.05, 4.69) is 0 Å². The zero-order valence-corrected chi connectivity index (χ0v) is 15.2. The van der Waals surface area contributed by atoms with E-state index >= 15 is 0 Å². The Morgan fingerprint density at radius 1 is 1.08 bits per heavy atom. The average Bonchev–Trinajstić information content (AvgIpc) is 2.55. The lowest BCUT2D eigenvalue weighted by Crippen LogP contribution is -2.50. The topological polar surface area (TPSA) is 76.2 Å². The maximum atomic E-state index is 12.5. The van der Waals surface area contributed by atoms with Crippen molar-refractivity contribution in [3.8, 4) is 0 Å². The van der Waals surface area contributed by atoms with Crippen LogP contribution in [0.2, 0.25) is 0 Å². The van der Waals surface area contributed by atoms with Gasteiger partial charge in [0.05, 0.1) is 19.6 Å². The van der Waals surface area contributed by atoms with E-state index in [4.69, 9.17) is 9.47 Å². The van der Waals surface area contributed by atoms with Gasteiger partial charge in [-0.2, -0.15) is 0 Å². The number of esters is 1. The van der Waals surface area contributed by atoms with E-state index in [1.807, 2.05) is 13.8 Å². The van der Waals surface area contributed by atoms with E-state index < -0.39 is 0 Å². The number of carbonyl (C=O) groups excluding carboxylic acids is 3. The highest BCUT2D eigenvalue weighted by Gasteiger charge is 2.31. The molecule has 138 valence electrons. The lowest BCUT2D eigenvalue weighted by Gasteiger charge is -2.38. The van der Waals surface area contributed by atoms with Gasteiger partial charge in [0, 0.05) is 31.6 Å². The fourth-order valence-corrected chi connectivity index (χ4v) is 2.82. The Balaban J connectivity index is 2.63. The van der Waals surface area contributed by atoms with Crippen LogP contribution in [0.3, 0.4) is 0 Å². The third kappa shape index (κ3) is 6.02. The van der Waals surface area contributed by atoms with Gasteiger partial charge in [-0.25, -0.2) is 4.79 Å². The van der Waals surface area contributed by atoms with Gasteiger partial charge in [0.1, 0.15) is 0 Å². The second-order valence-electron chi connectivity index (χ2n) is 6.16. The number of rotatable bonds is 7. The maximum Gasteiger partial charge on any atom is 0.409 e. The molecule has 0 aromatic heterocycles. The molecular weight excluding hydrogens is 312 g/mol. The van der Waals surface area contributed by atoms with Crippen molar-refractivity contribution < 1.29 is 23.9 Å². The highest BCUT2D eigenvalue weighted by molar-refractivity contribution is 5.79. The minimum absolute atomic E-state index is 0.0360. The van der Waals surface area contributed by atoms with Crippen LogP contribution in [0, 0.1) is 5.92 Å². The SMILES string of the molecule is CCOC(=O)CCN(C(=O)C(C)C)C1CCN(C(=O)OCC)CC1. The summed E-state index contributed by atoms with van der Waals surface area (Å²) in [5.41, 5.74) is 0. The van der Waals surface area contributed by atoms with Crippen LogP contribution in [0.5, 0.6) is 0 Å². The van der Waals surface area contributed by atoms with Crippen LogP contribution in [0.25, 0.3) is 0 Å². The second kappa shape index (κ2) is 10.2. The monoisotopic (exact) mass is 342 g/mol. The van der Waals surface area contributed by atoms with Crippen molar-refractivity contribution in [2.45, 2.75) is 53.0 Å². The largest absolute Gasteiger partial charge is 0.466 e. The van der Waals surface area contributed by atoms with Gasteiger partial charge in [-0.3, -0.25) is 9.59 Å². The van der Waals surface area contributed by atoms with Crippen molar-refractivity contribution in [3.63, 3.8) is 0 Å². The van der Waals surface area contributed by atoms with Crippen molar-refractivity contribution in [1.29, 1.82) is 0 Å². The molecule has 0 aromatic carbocycles. The molecule has 0 aliphatic carbocycles. The zero-order chi connectivity index (χ0) is 18.1. The van der Waals surface area contributed by atoms with E-state index in [0.29, 0.717) is 45.7 Å². The molecule has 1 fully saturated rings. The number of likely N-dealkylation sites (tertiary alicyclic amines) is 1. The highest BCUT2D eigenvalue weighted by atomic mass is 16.6. The third-order valence-corrected chi connectivity index (χ3v) is 4.07. The standard InChI is InChI=1S/C17H30N2O5/c1-5-23-15(20)9-12-19(16(21)13(3)4)14-7-10-18(11-8-14)17(22)24-6-2/h13-14H,5-12H2,1-4H3. The van der Waals surface area contributed by atoms with E-state index in [0.717, 1.165) is 0 Å². The summed E-state index contributed by atoms with van der Waals surface area (Å²) in [6.07, 6.45) is 1.29. The molecule has 24 heavy (non-hydrogen) atoms. The van der Waals surface area contributed by atoms with Crippen molar-refractivity contribution in [2.75, 3.05) is 32.8 Å². The minimum Gasteiger partial charge on any atom is -0.466 e. The predicted molar refractivity (Wildman–Crippen MR) is 89.4 cm³/mol. The number of hydrogen-bond donors (Lipinski definition) is 0. The minimum atomic E-state index is -0.302. The maximum absolute atomic E-state index is 12.5. The summed E-state index contributed by atoms with van der Waals surface area (Å²) in [5.74, 6) is -0.382. The molecular formula is C17H30N2O5. The molecule has 0 saturated carbocycles.